The number of carbonyl (C=O) groups excluding carboxylic acids is 2. The van der Waals surface area contributed by atoms with Crippen molar-refractivity contribution >= 4 is 23.2 Å². The van der Waals surface area contributed by atoms with Crippen LogP contribution < -0.4 is 20.7 Å². The second-order valence-electron chi connectivity index (χ2n) is 7.04. The Hall–Kier alpha value is -3.80. The minimum absolute atomic E-state index is 0.0896. The molecule has 0 aliphatic carbocycles. The third kappa shape index (κ3) is 7.19. The van der Waals surface area contributed by atoms with Crippen molar-refractivity contribution in [2.75, 3.05) is 23.7 Å². The number of benzene rings is 3. The van der Waals surface area contributed by atoms with Gasteiger partial charge in [-0.05, 0) is 54.4 Å². The highest BCUT2D eigenvalue weighted by molar-refractivity contribution is 5.96. The zero-order valence-corrected chi connectivity index (χ0v) is 17.6. The molecule has 2 amide bonds. The van der Waals surface area contributed by atoms with Crippen LogP contribution in [0.1, 0.15) is 29.3 Å². The van der Waals surface area contributed by atoms with Crippen LogP contribution in [-0.2, 0) is 11.4 Å². The van der Waals surface area contributed by atoms with Crippen LogP contribution in [0.4, 0.5) is 11.4 Å². The summed E-state index contributed by atoms with van der Waals surface area (Å²) in [6, 6.07) is 24.3. The summed E-state index contributed by atoms with van der Waals surface area (Å²) < 4.78 is 5.75. The van der Waals surface area contributed by atoms with Gasteiger partial charge in [-0.25, -0.2) is 0 Å². The molecule has 0 fully saturated rings. The molecule has 160 valence electrons. The first kappa shape index (κ1) is 21.9. The van der Waals surface area contributed by atoms with Gasteiger partial charge in [0.25, 0.3) is 5.91 Å². The molecule has 3 aromatic rings. The average molecular weight is 418 g/mol. The molecule has 0 aliphatic rings. The van der Waals surface area contributed by atoms with E-state index in [9.17, 15) is 9.59 Å². The van der Waals surface area contributed by atoms with Gasteiger partial charge in [0.05, 0.1) is 6.54 Å². The fraction of sp³-hybridized carbons (Fsp3) is 0.200. The van der Waals surface area contributed by atoms with Gasteiger partial charge in [0.15, 0.2) is 0 Å². The Morgan fingerprint density at radius 3 is 2.39 bits per heavy atom. The number of hydrogen-bond donors (Lipinski definition) is 3. The monoisotopic (exact) mass is 417 g/mol. The van der Waals surface area contributed by atoms with Crippen LogP contribution in [-0.4, -0.2) is 24.9 Å². The first-order chi connectivity index (χ1) is 15.1. The summed E-state index contributed by atoms with van der Waals surface area (Å²) in [7, 11) is 0. The van der Waals surface area contributed by atoms with Crippen molar-refractivity contribution < 1.29 is 14.3 Å². The fourth-order valence-electron chi connectivity index (χ4n) is 2.87. The van der Waals surface area contributed by atoms with Crippen molar-refractivity contribution in [1.29, 1.82) is 0 Å². The molecule has 3 N–H and O–H groups in total. The predicted octanol–water partition coefficient (Wildman–Crippen LogP) is 4.46. The maximum absolute atomic E-state index is 12.3. The number of ether oxygens (including phenoxy) is 1. The molecule has 0 atom stereocenters. The number of hydrogen-bond acceptors (Lipinski definition) is 4. The van der Waals surface area contributed by atoms with Crippen molar-refractivity contribution in [2.24, 2.45) is 0 Å². The third-order valence-corrected chi connectivity index (χ3v) is 4.50. The molecular formula is C25H27N3O3. The lowest BCUT2D eigenvalue weighted by Gasteiger charge is -2.10. The van der Waals surface area contributed by atoms with Crippen molar-refractivity contribution in [1.82, 2.24) is 5.32 Å². The Balaban J connectivity index is 1.46. The van der Waals surface area contributed by atoms with Gasteiger partial charge in [-0.15, -0.1) is 0 Å². The largest absolute Gasteiger partial charge is 0.489 e. The molecular weight excluding hydrogens is 390 g/mol. The molecule has 6 nitrogen and oxygen atoms in total. The van der Waals surface area contributed by atoms with Gasteiger partial charge in [0, 0.05) is 23.5 Å². The fourth-order valence-corrected chi connectivity index (χ4v) is 2.87. The summed E-state index contributed by atoms with van der Waals surface area (Å²) in [5.41, 5.74) is 3.05. The normalized spacial score (nSPS) is 10.2. The Morgan fingerprint density at radius 1 is 0.871 bits per heavy atom. The summed E-state index contributed by atoms with van der Waals surface area (Å²) >= 11 is 0. The van der Waals surface area contributed by atoms with Gasteiger partial charge < -0.3 is 20.7 Å². The standard InChI is InChI=1S/C25H27N3O3/c1-2-15-26-25(30)20-9-6-10-22(16-20)27-17-24(29)28-21-11-13-23(14-12-21)31-18-19-7-4-3-5-8-19/h3-14,16,27H,2,15,17-18H2,1H3,(H,26,30)(H,28,29). The highest BCUT2D eigenvalue weighted by Crippen LogP contribution is 2.17. The zero-order valence-electron chi connectivity index (χ0n) is 17.6. The number of rotatable bonds is 10. The molecule has 0 spiro atoms. The third-order valence-electron chi connectivity index (χ3n) is 4.50. The Morgan fingerprint density at radius 2 is 1.65 bits per heavy atom. The minimum atomic E-state index is -0.182. The van der Waals surface area contributed by atoms with E-state index in [-0.39, 0.29) is 18.4 Å². The highest BCUT2D eigenvalue weighted by Gasteiger charge is 2.07. The maximum Gasteiger partial charge on any atom is 0.251 e. The lowest BCUT2D eigenvalue weighted by Crippen LogP contribution is -2.24. The molecule has 0 aliphatic heterocycles. The molecule has 3 aromatic carbocycles. The van der Waals surface area contributed by atoms with Gasteiger partial charge in [0.2, 0.25) is 5.91 Å². The first-order valence-electron chi connectivity index (χ1n) is 10.3. The molecule has 6 heteroatoms. The second kappa shape index (κ2) is 11.4. The van der Waals surface area contributed by atoms with E-state index in [2.05, 4.69) is 16.0 Å². The summed E-state index contributed by atoms with van der Waals surface area (Å²) in [6.07, 6.45) is 0.879. The molecule has 3 rings (SSSR count). The van der Waals surface area contributed by atoms with Gasteiger partial charge in [-0.3, -0.25) is 9.59 Å². The van der Waals surface area contributed by atoms with Crippen molar-refractivity contribution in [3.63, 3.8) is 0 Å². The number of amides is 2. The quantitative estimate of drug-likeness (QED) is 0.455. The van der Waals surface area contributed by atoms with E-state index >= 15 is 0 Å². The summed E-state index contributed by atoms with van der Waals surface area (Å²) in [5, 5.41) is 8.73. The van der Waals surface area contributed by atoms with Crippen LogP contribution in [0.25, 0.3) is 0 Å². The van der Waals surface area contributed by atoms with Crippen LogP contribution in [0.15, 0.2) is 78.9 Å². The summed E-state index contributed by atoms with van der Waals surface area (Å²) in [6.45, 7) is 3.22. The van der Waals surface area contributed by atoms with Crippen LogP contribution in [0.5, 0.6) is 5.75 Å². The Labute approximate surface area is 182 Å². The topological polar surface area (TPSA) is 79.5 Å². The molecule has 0 bridgehead atoms. The molecule has 0 aromatic heterocycles. The minimum Gasteiger partial charge on any atom is -0.489 e. The Bertz CT molecular complexity index is 988. The summed E-state index contributed by atoms with van der Waals surface area (Å²) in [5.74, 6) is 0.432. The van der Waals surface area contributed by atoms with Crippen LogP contribution in [0.3, 0.4) is 0 Å². The zero-order chi connectivity index (χ0) is 21.9. The molecule has 31 heavy (non-hydrogen) atoms. The molecule has 0 radical (unpaired) electrons. The lowest BCUT2D eigenvalue weighted by atomic mass is 10.2. The molecule has 0 saturated carbocycles. The smallest absolute Gasteiger partial charge is 0.251 e. The van der Waals surface area contributed by atoms with Crippen molar-refractivity contribution in [3.05, 3.63) is 90.0 Å². The van der Waals surface area contributed by atoms with E-state index in [1.165, 1.54) is 0 Å². The maximum atomic E-state index is 12.3. The molecule has 0 saturated heterocycles. The second-order valence-corrected chi connectivity index (χ2v) is 7.04. The van der Waals surface area contributed by atoms with E-state index in [0.717, 1.165) is 17.7 Å². The van der Waals surface area contributed by atoms with E-state index in [1.807, 2.05) is 55.5 Å². The molecule has 0 unspecified atom stereocenters. The Kier molecular flexibility index (Phi) is 8.05. The predicted molar refractivity (Wildman–Crippen MR) is 123 cm³/mol. The lowest BCUT2D eigenvalue weighted by molar-refractivity contribution is -0.114. The SMILES string of the molecule is CCCNC(=O)c1cccc(NCC(=O)Nc2ccc(OCc3ccccc3)cc2)c1. The van der Waals surface area contributed by atoms with Crippen LogP contribution in [0, 0.1) is 0 Å². The number of carbonyl (C=O) groups is 2. The van der Waals surface area contributed by atoms with Gasteiger partial charge in [-0.2, -0.15) is 0 Å². The first-order valence-corrected chi connectivity index (χ1v) is 10.3. The van der Waals surface area contributed by atoms with Crippen molar-refractivity contribution in [3.8, 4) is 5.75 Å². The van der Waals surface area contributed by atoms with Crippen molar-refractivity contribution in [2.45, 2.75) is 20.0 Å². The van der Waals surface area contributed by atoms with Crippen LogP contribution >= 0.6 is 0 Å². The summed E-state index contributed by atoms with van der Waals surface area (Å²) in [4.78, 5) is 24.3. The number of anilines is 2. The number of nitrogens with one attached hydrogen (secondary N) is 3. The molecule has 0 heterocycles. The average Bonchev–Trinajstić information content (AvgIpc) is 2.81. The van der Waals surface area contributed by atoms with E-state index in [0.29, 0.717) is 30.1 Å². The van der Waals surface area contributed by atoms with Gasteiger partial charge in [0.1, 0.15) is 12.4 Å². The van der Waals surface area contributed by atoms with E-state index in [4.69, 9.17) is 4.74 Å². The van der Waals surface area contributed by atoms with E-state index in [1.54, 1.807) is 30.3 Å². The highest BCUT2D eigenvalue weighted by atomic mass is 16.5. The van der Waals surface area contributed by atoms with Crippen LogP contribution in [0.2, 0.25) is 0 Å². The van der Waals surface area contributed by atoms with Gasteiger partial charge in [-0.1, -0.05) is 43.3 Å². The van der Waals surface area contributed by atoms with Gasteiger partial charge >= 0.3 is 0 Å². The van der Waals surface area contributed by atoms with E-state index < -0.39 is 0 Å².